The van der Waals surface area contributed by atoms with Gasteiger partial charge in [-0.15, -0.1) is 0 Å². The molecule has 0 aromatic rings. The number of carbonyl (C=O) groups is 1. The average molecular weight is 246 g/mol. The van der Waals surface area contributed by atoms with E-state index in [2.05, 4.69) is 16.9 Å². The first kappa shape index (κ1) is 13.8. The van der Waals surface area contributed by atoms with Gasteiger partial charge in [-0.25, -0.2) is 0 Å². The second-order valence-corrected chi connectivity index (χ2v) is 5.02. The maximum Gasteiger partial charge on any atom is 0.227 e. The lowest BCUT2D eigenvalue weighted by Crippen LogP contribution is -2.42. The zero-order chi connectivity index (χ0) is 11.8. The minimum absolute atomic E-state index is 0.0226. The fourth-order valence-corrected chi connectivity index (χ4v) is 2.30. The van der Waals surface area contributed by atoms with Gasteiger partial charge in [-0.3, -0.25) is 4.79 Å². The summed E-state index contributed by atoms with van der Waals surface area (Å²) >= 11 is 1.85. The number of likely N-dealkylation sites (N-methyl/N-ethyl adjacent to an activating group) is 1. The molecule has 4 nitrogen and oxygen atoms in total. The van der Waals surface area contributed by atoms with Crippen molar-refractivity contribution in [1.82, 2.24) is 10.6 Å². The number of rotatable bonds is 7. The zero-order valence-corrected chi connectivity index (χ0v) is 10.9. The van der Waals surface area contributed by atoms with E-state index in [1.165, 1.54) is 5.75 Å². The first-order valence-corrected chi connectivity index (χ1v) is 7.20. The Morgan fingerprint density at radius 1 is 1.44 bits per heavy atom. The van der Waals surface area contributed by atoms with Crippen LogP contribution in [0.2, 0.25) is 0 Å². The molecule has 0 radical (unpaired) electrons. The molecule has 1 fully saturated rings. The Hall–Kier alpha value is -0.260. The van der Waals surface area contributed by atoms with Crippen LogP contribution in [-0.4, -0.2) is 50.8 Å². The van der Waals surface area contributed by atoms with Crippen LogP contribution in [0.25, 0.3) is 0 Å². The van der Waals surface area contributed by atoms with Crippen molar-refractivity contribution in [3.63, 3.8) is 0 Å². The van der Waals surface area contributed by atoms with E-state index in [9.17, 15) is 4.79 Å². The topological polar surface area (TPSA) is 50.4 Å². The van der Waals surface area contributed by atoms with Gasteiger partial charge in [-0.1, -0.05) is 0 Å². The zero-order valence-electron chi connectivity index (χ0n) is 10.1. The number of hydrogen-bond donors (Lipinski definition) is 2. The second kappa shape index (κ2) is 7.92. The van der Waals surface area contributed by atoms with Crippen molar-refractivity contribution in [3.8, 4) is 0 Å². The van der Waals surface area contributed by atoms with Crippen LogP contribution in [0, 0.1) is 5.92 Å². The highest BCUT2D eigenvalue weighted by Gasteiger charge is 2.32. The average Bonchev–Trinajstić information content (AvgIpc) is 2.76. The van der Waals surface area contributed by atoms with E-state index in [1.54, 1.807) is 0 Å². The normalized spacial score (nSPS) is 24.6. The summed E-state index contributed by atoms with van der Waals surface area (Å²) in [6.07, 6.45) is 4.33. The number of carbonyl (C=O) groups excluding carboxylic acids is 1. The quantitative estimate of drug-likeness (QED) is 0.642. The highest BCUT2D eigenvalue weighted by atomic mass is 32.2. The van der Waals surface area contributed by atoms with E-state index >= 15 is 0 Å². The molecule has 1 rings (SSSR count). The Morgan fingerprint density at radius 3 is 2.94 bits per heavy atom. The molecule has 2 unspecified atom stereocenters. The lowest BCUT2D eigenvalue weighted by Gasteiger charge is -2.16. The third-order valence-corrected chi connectivity index (χ3v) is 3.56. The van der Waals surface area contributed by atoms with E-state index in [1.807, 2.05) is 18.8 Å². The number of thioether (sulfide) groups is 1. The maximum absolute atomic E-state index is 11.8. The van der Waals surface area contributed by atoms with E-state index < -0.39 is 0 Å². The molecule has 2 atom stereocenters. The summed E-state index contributed by atoms with van der Waals surface area (Å²) in [5.74, 6) is 1.27. The van der Waals surface area contributed by atoms with Crippen LogP contribution >= 0.6 is 11.8 Å². The molecule has 0 bridgehead atoms. The SMILES string of the molecule is CNC1COCC1C(=O)NCCCCSC. The van der Waals surface area contributed by atoms with E-state index in [4.69, 9.17) is 4.74 Å². The Kier molecular flexibility index (Phi) is 6.84. The standard InChI is InChI=1S/C11H22N2O2S/c1-12-10-8-15-7-9(10)11(14)13-5-3-4-6-16-2/h9-10,12H,3-8H2,1-2H3,(H,13,14). The highest BCUT2D eigenvalue weighted by molar-refractivity contribution is 7.98. The van der Waals surface area contributed by atoms with Gasteiger partial charge in [0.15, 0.2) is 0 Å². The van der Waals surface area contributed by atoms with Gasteiger partial charge >= 0.3 is 0 Å². The Balaban J connectivity index is 2.14. The summed E-state index contributed by atoms with van der Waals surface area (Å²) in [6, 6.07) is 0.172. The fourth-order valence-electron chi connectivity index (χ4n) is 1.81. The van der Waals surface area contributed by atoms with E-state index in [0.717, 1.165) is 19.4 Å². The Morgan fingerprint density at radius 2 is 2.25 bits per heavy atom. The smallest absolute Gasteiger partial charge is 0.227 e. The molecule has 0 aromatic carbocycles. The molecule has 0 spiro atoms. The van der Waals surface area contributed by atoms with Gasteiger partial charge in [0.25, 0.3) is 0 Å². The Labute approximate surface area is 102 Å². The first-order chi connectivity index (χ1) is 7.79. The molecule has 16 heavy (non-hydrogen) atoms. The van der Waals surface area contributed by atoms with Gasteiger partial charge in [0, 0.05) is 12.6 Å². The molecule has 0 saturated carbocycles. The van der Waals surface area contributed by atoms with Gasteiger partial charge < -0.3 is 15.4 Å². The number of hydrogen-bond acceptors (Lipinski definition) is 4. The number of amides is 1. The predicted octanol–water partition coefficient (Wildman–Crippen LogP) is 0.480. The lowest BCUT2D eigenvalue weighted by atomic mass is 10.0. The molecule has 0 aromatic heterocycles. The van der Waals surface area contributed by atoms with Crippen molar-refractivity contribution in [1.29, 1.82) is 0 Å². The van der Waals surface area contributed by atoms with Gasteiger partial charge in [-0.2, -0.15) is 11.8 Å². The van der Waals surface area contributed by atoms with Gasteiger partial charge in [-0.05, 0) is 31.9 Å². The summed E-state index contributed by atoms with van der Waals surface area (Å²) in [6.45, 7) is 1.97. The largest absolute Gasteiger partial charge is 0.379 e. The van der Waals surface area contributed by atoms with Crippen molar-refractivity contribution >= 4 is 17.7 Å². The minimum atomic E-state index is -0.0226. The molecule has 5 heteroatoms. The molecule has 1 amide bonds. The summed E-state index contributed by atoms with van der Waals surface area (Å²) in [7, 11) is 1.87. The van der Waals surface area contributed by atoms with Gasteiger partial charge in [0.05, 0.1) is 19.1 Å². The number of ether oxygens (including phenoxy) is 1. The molecule has 1 aliphatic rings. The molecular weight excluding hydrogens is 224 g/mol. The van der Waals surface area contributed by atoms with E-state index in [-0.39, 0.29) is 17.9 Å². The van der Waals surface area contributed by atoms with Crippen molar-refractivity contribution in [2.24, 2.45) is 5.92 Å². The molecule has 1 heterocycles. The molecular formula is C11H22N2O2S. The second-order valence-electron chi connectivity index (χ2n) is 4.03. The molecule has 94 valence electrons. The first-order valence-electron chi connectivity index (χ1n) is 5.81. The van der Waals surface area contributed by atoms with Crippen LogP contribution in [0.5, 0.6) is 0 Å². The summed E-state index contributed by atoms with van der Waals surface area (Å²) in [5, 5.41) is 6.10. The molecule has 0 aliphatic carbocycles. The Bertz CT molecular complexity index is 214. The van der Waals surface area contributed by atoms with Crippen LogP contribution in [0.1, 0.15) is 12.8 Å². The third kappa shape index (κ3) is 4.31. The van der Waals surface area contributed by atoms with E-state index in [0.29, 0.717) is 13.2 Å². The summed E-state index contributed by atoms with van der Waals surface area (Å²) in [4.78, 5) is 11.8. The van der Waals surface area contributed by atoms with Crippen molar-refractivity contribution in [2.75, 3.05) is 38.8 Å². The number of unbranched alkanes of at least 4 members (excludes halogenated alkanes) is 1. The van der Waals surface area contributed by atoms with Gasteiger partial charge in [0.2, 0.25) is 5.91 Å². The monoisotopic (exact) mass is 246 g/mol. The van der Waals surface area contributed by atoms with Crippen molar-refractivity contribution in [2.45, 2.75) is 18.9 Å². The highest BCUT2D eigenvalue weighted by Crippen LogP contribution is 2.13. The molecule has 1 aliphatic heterocycles. The van der Waals surface area contributed by atoms with Gasteiger partial charge in [0.1, 0.15) is 0 Å². The summed E-state index contributed by atoms with van der Waals surface area (Å²) in [5.41, 5.74) is 0. The van der Waals surface area contributed by atoms with Crippen molar-refractivity contribution in [3.05, 3.63) is 0 Å². The number of nitrogens with one attached hydrogen (secondary N) is 2. The molecule has 2 N–H and O–H groups in total. The lowest BCUT2D eigenvalue weighted by molar-refractivity contribution is -0.125. The maximum atomic E-state index is 11.8. The summed E-state index contributed by atoms with van der Waals surface area (Å²) < 4.78 is 5.30. The van der Waals surface area contributed by atoms with Crippen LogP contribution in [0.4, 0.5) is 0 Å². The fraction of sp³-hybridized carbons (Fsp3) is 0.909. The minimum Gasteiger partial charge on any atom is -0.379 e. The predicted molar refractivity (Wildman–Crippen MR) is 67.8 cm³/mol. The van der Waals surface area contributed by atoms with Crippen LogP contribution in [0.15, 0.2) is 0 Å². The van der Waals surface area contributed by atoms with Crippen LogP contribution in [0.3, 0.4) is 0 Å². The molecule has 1 saturated heterocycles. The van der Waals surface area contributed by atoms with Crippen LogP contribution < -0.4 is 10.6 Å². The van der Waals surface area contributed by atoms with Crippen LogP contribution in [-0.2, 0) is 9.53 Å². The van der Waals surface area contributed by atoms with Crippen molar-refractivity contribution < 1.29 is 9.53 Å². The third-order valence-electron chi connectivity index (χ3n) is 2.86.